The standard InChI is InChI=1S/C16H23NO2/c1-13-6-8-14(9-7-13)12-15(16(18)19-2)17-10-4-3-5-11-17/h6-9,15H,3-5,10-12H2,1-2H3. The van der Waals surface area contributed by atoms with E-state index < -0.39 is 0 Å². The summed E-state index contributed by atoms with van der Waals surface area (Å²) in [5, 5.41) is 0. The van der Waals surface area contributed by atoms with Gasteiger partial charge in [-0.05, 0) is 44.8 Å². The molecule has 0 aliphatic carbocycles. The number of likely N-dealkylation sites (tertiary alicyclic amines) is 1. The second kappa shape index (κ2) is 6.71. The zero-order valence-corrected chi connectivity index (χ0v) is 11.9. The molecule has 1 unspecified atom stereocenters. The van der Waals surface area contributed by atoms with Gasteiger partial charge in [0.1, 0.15) is 6.04 Å². The molecule has 1 heterocycles. The van der Waals surface area contributed by atoms with Crippen LogP contribution in [-0.2, 0) is 16.0 Å². The van der Waals surface area contributed by atoms with Crippen LogP contribution in [0.2, 0.25) is 0 Å². The van der Waals surface area contributed by atoms with Crippen LogP contribution in [0.4, 0.5) is 0 Å². The van der Waals surface area contributed by atoms with Gasteiger partial charge in [0.15, 0.2) is 0 Å². The van der Waals surface area contributed by atoms with Gasteiger partial charge in [-0.1, -0.05) is 36.2 Å². The van der Waals surface area contributed by atoms with Crippen LogP contribution in [0.5, 0.6) is 0 Å². The summed E-state index contributed by atoms with van der Waals surface area (Å²) in [4.78, 5) is 14.3. The van der Waals surface area contributed by atoms with Crippen molar-refractivity contribution in [1.29, 1.82) is 0 Å². The average molecular weight is 261 g/mol. The fourth-order valence-electron chi connectivity index (χ4n) is 2.68. The molecule has 0 amide bonds. The highest BCUT2D eigenvalue weighted by Crippen LogP contribution is 2.17. The van der Waals surface area contributed by atoms with Gasteiger partial charge in [-0.2, -0.15) is 0 Å². The Morgan fingerprint density at radius 2 is 1.84 bits per heavy atom. The lowest BCUT2D eigenvalue weighted by Gasteiger charge is -2.32. The van der Waals surface area contributed by atoms with E-state index in [1.807, 2.05) is 0 Å². The average Bonchev–Trinajstić information content (AvgIpc) is 2.47. The van der Waals surface area contributed by atoms with Crippen LogP contribution < -0.4 is 0 Å². The lowest BCUT2D eigenvalue weighted by molar-refractivity contribution is -0.147. The molecule has 0 saturated carbocycles. The normalized spacial score (nSPS) is 18.0. The van der Waals surface area contributed by atoms with Crippen molar-refractivity contribution in [3.05, 3.63) is 35.4 Å². The summed E-state index contributed by atoms with van der Waals surface area (Å²) in [7, 11) is 1.48. The van der Waals surface area contributed by atoms with Crippen molar-refractivity contribution in [3.8, 4) is 0 Å². The monoisotopic (exact) mass is 261 g/mol. The van der Waals surface area contributed by atoms with Gasteiger partial charge in [-0.25, -0.2) is 0 Å². The Kier molecular flexibility index (Phi) is 4.97. The van der Waals surface area contributed by atoms with E-state index in [1.54, 1.807) is 0 Å². The Hall–Kier alpha value is -1.35. The summed E-state index contributed by atoms with van der Waals surface area (Å²) in [6, 6.07) is 8.28. The predicted octanol–water partition coefficient (Wildman–Crippen LogP) is 2.57. The minimum absolute atomic E-state index is 0.109. The summed E-state index contributed by atoms with van der Waals surface area (Å²) in [6.07, 6.45) is 4.38. The molecule has 1 atom stereocenters. The smallest absolute Gasteiger partial charge is 0.323 e. The molecule has 0 spiro atoms. The molecule has 0 bridgehead atoms. The molecule has 1 saturated heterocycles. The SMILES string of the molecule is COC(=O)C(Cc1ccc(C)cc1)N1CCCCC1. The maximum Gasteiger partial charge on any atom is 0.323 e. The van der Waals surface area contributed by atoms with Crippen molar-refractivity contribution in [2.24, 2.45) is 0 Å². The summed E-state index contributed by atoms with van der Waals surface area (Å²) in [6.45, 7) is 4.09. The zero-order valence-electron chi connectivity index (χ0n) is 11.9. The van der Waals surface area contributed by atoms with E-state index in [0.717, 1.165) is 19.5 Å². The number of aryl methyl sites for hydroxylation is 1. The van der Waals surface area contributed by atoms with Gasteiger partial charge in [0.2, 0.25) is 0 Å². The third kappa shape index (κ3) is 3.80. The van der Waals surface area contributed by atoms with Gasteiger partial charge in [0.05, 0.1) is 7.11 Å². The maximum atomic E-state index is 12.0. The molecular weight excluding hydrogens is 238 g/mol. The summed E-state index contributed by atoms with van der Waals surface area (Å²) in [5.74, 6) is -0.109. The molecule has 0 radical (unpaired) electrons. The number of ether oxygens (including phenoxy) is 1. The van der Waals surface area contributed by atoms with E-state index in [2.05, 4.69) is 36.1 Å². The third-order valence-corrected chi connectivity index (χ3v) is 3.85. The number of carbonyl (C=O) groups is 1. The molecule has 0 N–H and O–H groups in total. The van der Waals surface area contributed by atoms with Crippen molar-refractivity contribution in [2.75, 3.05) is 20.2 Å². The number of piperidine rings is 1. The minimum Gasteiger partial charge on any atom is -0.468 e. The second-order valence-corrected chi connectivity index (χ2v) is 5.33. The molecule has 3 heteroatoms. The van der Waals surface area contributed by atoms with Gasteiger partial charge >= 0.3 is 5.97 Å². The Morgan fingerprint density at radius 1 is 1.21 bits per heavy atom. The van der Waals surface area contributed by atoms with Crippen LogP contribution in [0.15, 0.2) is 24.3 Å². The largest absolute Gasteiger partial charge is 0.468 e. The number of carbonyl (C=O) groups excluding carboxylic acids is 1. The van der Waals surface area contributed by atoms with Crippen molar-refractivity contribution in [2.45, 2.75) is 38.6 Å². The Bertz CT molecular complexity index is 407. The fraction of sp³-hybridized carbons (Fsp3) is 0.562. The molecule has 1 aromatic carbocycles. The fourth-order valence-corrected chi connectivity index (χ4v) is 2.68. The molecule has 2 rings (SSSR count). The van der Waals surface area contributed by atoms with Crippen LogP contribution in [0, 0.1) is 6.92 Å². The number of rotatable bonds is 4. The molecular formula is C16H23NO2. The Balaban J connectivity index is 2.08. The van der Waals surface area contributed by atoms with Crippen LogP contribution in [0.3, 0.4) is 0 Å². The first-order valence-corrected chi connectivity index (χ1v) is 7.08. The molecule has 1 aliphatic heterocycles. The van der Waals surface area contributed by atoms with E-state index >= 15 is 0 Å². The minimum atomic E-state index is -0.131. The summed E-state index contributed by atoms with van der Waals surface area (Å²) in [5.41, 5.74) is 2.45. The first-order chi connectivity index (χ1) is 9.20. The van der Waals surface area contributed by atoms with Crippen molar-refractivity contribution in [3.63, 3.8) is 0 Å². The first kappa shape index (κ1) is 14.1. The quantitative estimate of drug-likeness (QED) is 0.780. The highest BCUT2D eigenvalue weighted by Gasteiger charge is 2.27. The topological polar surface area (TPSA) is 29.5 Å². The number of nitrogens with zero attached hydrogens (tertiary/aromatic N) is 1. The van der Waals surface area contributed by atoms with Gasteiger partial charge in [-0.15, -0.1) is 0 Å². The van der Waals surface area contributed by atoms with E-state index in [0.29, 0.717) is 0 Å². The lowest BCUT2D eigenvalue weighted by atomic mass is 10.0. The van der Waals surface area contributed by atoms with E-state index in [4.69, 9.17) is 4.74 Å². The summed E-state index contributed by atoms with van der Waals surface area (Å²) < 4.78 is 4.98. The Morgan fingerprint density at radius 3 is 2.42 bits per heavy atom. The maximum absolute atomic E-state index is 12.0. The van der Waals surface area contributed by atoms with Gasteiger partial charge < -0.3 is 4.74 Å². The van der Waals surface area contributed by atoms with Crippen LogP contribution in [-0.4, -0.2) is 37.1 Å². The zero-order chi connectivity index (χ0) is 13.7. The Labute approximate surface area is 115 Å². The molecule has 1 fully saturated rings. The lowest BCUT2D eigenvalue weighted by Crippen LogP contribution is -2.46. The van der Waals surface area contributed by atoms with E-state index in [-0.39, 0.29) is 12.0 Å². The third-order valence-electron chi connectivity index (χ3n) is 3.85. The van der Waals surface area contributed by atoms with Crippen molar-refractivity contribution in [1.82, 2.24) is 4.90 Å². The van der Waals surface area contributed by atoms with Gasteiger partial charge in [0.25, 0.3) is 0 Å². The number of benzene rings is 1. The highest BCUT2D eigenvalue weighted by atomic mass is 16.5. The van der Waals surface area contributed by atoms with Gasteiger partial charge in [0, 0.05) is 0 Å². The molecule has 1 aromatic rings. The molecule has 3 nitrogen and oxygen atoms in total. The van der Waals surface area contributed by atoms with Crippen LogP contribution in [0.25, 0.3) is 0 Å². The molecule has 104 valence electrons. The second-order valence-electron chi connectivity index (χ2n) is 5.33. The van der Waals surface area contributed by atoms with Crippen LogP contribution in [0.1, 0.15) is 30.4 Å². The number of hydrogen-bond donors (Lipinski definition) is 0. The van der Waals surface area contributed by atoms with Crippen molar-refractivity contribution >= 4 is 5.97 Å². The molecule has 1 aliphatic rings. The predicted molar refractivity (Wildman–Crippen MR) is 76.1 cm³/mol. The highest BCUT2D eigenvalue weighted by molar-refractivity contribution is 5.76. The van der Waals surface area contributed by atoms with E-state index in [9.17, 15) is 4.79 Å². The van der Waals surface area contributed by atoms with E-state index in [1.165, 1.54) is 37.5 Å². The molecule has 19 heavy (non-hydrogen) atoms. The number of esters is 1. The van der Waals surface area contributed by atoms with Crippen LogP contribution >= 0.6 is 0 Å². The first-order valence-electron chi connectivity index (χ1n) is 7.08. The number of hydrogen-bond acceptors (Lipinski definition) is 3. The van der Waals surface area contributed by atoms with Gasteiger partial charge in [-0.3, -0.25) is 9.69 Å². The molecule has 0 aromatic heterocycles. The van der Waals surface area contributed by atoms with Crippen molar-refractivity contribution < 1.29 is 9.53 Å². The number of methoxy groups -OCH3 is 1. The summed E-state index contributed by atoms with van der Waals surface area (Å²) >= 11 is 0.